The summed E-state index contributed by atoms with van der Waals surface area (Å²) in [6, 6.07) is 2.16. The largest absolute Gasteiger partial charge is 0.416 e. The van der Waals surface area contributed by atoms with E-state index in [9.17, 15) is 23.3 Å². The molecule has 0 saturated heterocycles. The number of non-ortho nitro benzene ring substituents is 1. The Labute approximate surface area is 82.1 Å². The molecule has 76 valence electrons. The third-order valence-corrected chi connectivity index (χ3v) is 1.70. The third kappa shape index (κ3) is 2.38. The van der Waals surface area contributed by atoms with E-state index in [-0.39, 0.29) is 4.90 Å². The Morgan fingerprint density at radius 2 is 1.86 bits per heavy atom. The van der Waals surface area contributed by atoms with Crippen LogP contribution in [0.1, 0.15) is 5.56 Å². The van der Waals surface area contributed by atoms with Crippen molar-refractivity contribution >= 4 is 18.3 Å². The molecule has 3 nitrogen and oxygen atoms in total. The van der Waals surface area contributed by atoms with Crippen molar-refractivity contribution in [1.29, 1.82) is 0 Å². The van der Waals surface area contributed by atoms with Crippen LogP contribution in [-0.4, -0.2) is 4.92 Å². The molecule has 0 aliphatic heterocycles. The Bertz CT molecular complexity index is 378. The van der Waals surface area contributed by atoms with E-state index in [1.165, 1.54) is 0 Å². The molecule has 0 spiro atoms. The van der Waals surface area contributed by atoms with Crippen LogP contribution in [0, 0.1) is 10.1 Å². The summed E-state index contributed by atoms with van der Waals surface area (Å²) in [6.07, 6.45) is -4.59. The molecule has 0 bridgehead atoms. The molecular weight excluding hydrogens is 219 g/mol. The number of thiol groups is 1. The van der Waals surface area contributed by atoms with Gasteiger partial charge in [-0.3, -0.25) is 10.1 Å². The predicted octanol–water partition coefficient (Wildman–Crippen LogP) is 2.90. The van der Waals surface area contributed by atoms with Crippen molar-refractivity contribution in [2.24, 2.45) is 0 Å². The highest BCUT2D eigenvalue weighted by Crippen LogP contribution is 2.33. The minimum atomic E-state index is -4.59. The number of nitro groups is 1. The molecule has 1 aromatic carbocycles. The highest BCUT2D eigenvalue weighted by Gasteiger charge is 2.32. The lowest BCUT2D eigenvalue weighted by Crippen LogP contribution is -2.05. The molecule has 0 unspecified atom stereocenters. The topological polar surface area (TPSA) is 43.1 Å². The summed E-state index contributed by atoms with van der Waals surface area (Å²) in [5.41, 5.74) is -1.69. The van der Waals surface area contributed by atoms with E-state index in [0.29, 0.717) is 6.07 Å². The second kappa shape index (κ2) is 3.49. The second-order valence-corrected chi connectivity index (χ2v) is 3.01. The fourth-order valence-corrected chi connectivity index (χ4v) is 1.14. The van der Waals surface area contributed by atoms with Crippen molar-refractivity contribution in [3.05, 3.63) is 33.9 Å². The molecule has 1 rings (SSSR count). The number of rotatable bonds is 1. The zero-order valence-electron chi connectivity index (χ0n) is 6.58. The molecule has 0 heterocycles. The van der Waals surface area contributed by atoms with Crippen LogP contribution in [0.25, 0.3) is 0 Å². The molecule has 0 aliphatic rings. The Hall–Kier alpha value is -1.24. The normalized spacial score (nSPS) is 11.4. The Balaban J connectivity index is 3.28. The van der Waals surface area contributed by atoms with Crippen molar-refractivity contribution in [3.63, 3.8) is 0 Å². The molecule has 0 aliphatic carbocycles. The van der Waals surface area contributed by atoms with Crippen LogP contribution in [-0.2, 0) is 6.18 Å². The highest BCUT2D eigenvalue weighted by molar-refractivity contribution is 7.80. The summed E-state index contributed by atoms with van der Waals surface area (Å²) < 4.78 is 36.5. The molecule has 7 heteroatoms. The molecule has 0 aromatic heterocycles. The summed E-state index contributed by atoms with van der Waals surface area (Å²) in [5, 5.41) is 10.2. The second-order valence-electron chi connectivity index (χ2n) is 2.49. The third-order valence-electron chi connectivity index (χ3n) is 1.44. The van der Waals surface area contributed by atoms with E-state index >= 15 is 0 Å². The van der Waals surface area contributed by atoms with Crippen LogP contribution in [0.5, 0.6) is 0 Å². The van der Waals surface area contributed by atoms with Gasteiger partial charge in [0.1, 0.15) is 0 Å². The fraction of sp³-hybridized carbons (Fsp3) is 0.143. The van der Waals surface area contributed by atoms with Crippen LogP contribution in [0.4, 0.5) is 18.9 Å². The van der Waals surface area contributed by atoms with Gasteiger partial charge in [-0.25, -0.2) is 0 Å². The zero-order chi connectivity index (χ0) is 10.9. The predicted molar refractivity (Wildman–Crippen MR) is 45.4 cm³/mol. The average Bonchev–Trinajstić information content (AvgIpc) is 2.01. The molecule has 1 aromatic rings. The van der Waals surface area contributed by atoms with Crippen molar-refractivity contribution in [1.82, 2.24) is 0 Å². The number of alkyl halides is 3. The smallest absolute Gasteiger partial charge is 0.258 e. The van der Waals surface area contributed by atoms with Gasteiger partial charge in [0.25, 0.3) is 5.69 Å². The van der Waals surface area contributed by atoms with Crippen LogP contribution in [0.3, 0.4) is 0 Å². The number of halogens is 3. The van der Waals surface area contributed by atoms with Crippen LogP contribution in [0.15, 0.2) is 23.1 Å². The first kappa shape index (κ1) is 10.8. The number of hydrogen-bond donors (Lipinski definition) is 1. The molecular formula is C7H4F3NO2S. The van der Waals surface area contributed by atoms with Gasteiger partial charge in [0.15, 0.2) is 0 Å². The van der Waals surface area contributed by atoms with Gasteiger partial charge in [-0.05, 0) is 6.07 Å². The summed E-state index contributed by atoms with van der Waals surface area (Å²) in [7, 11) is 0. The summed E-state index contributed by atoms with van der Waals surface area (Å²) >= 11 is 3.65. The zero-order valence-corrected chi connectivity index (χ0v) is 7.47. The first-order valence-corrected chi connectivity index (χ1v) is 3.81. The van der Waals surface area contributed by atoms with Gasteiger partial charge in [0, 0.05) is 17.0 Å². The van der Waals surface area contributed by atoms with Gasteiger partial charge in [-0.15, -0.1) is 12.6 Å². The molecule has 14 heavy (non-hydrogen) atoms. The van der Waals surface area contributed by atoms with Gasteiger partial charge < -0.3 is 0 Å². The maximum Gasteiger partial charge on any atom is 0.416 e. The standard InChI is InChI=1S/C7H4F3NO2S/c8-7(9,10)4-1-5(11(12)13)3-6(14)2-4/h1-3,14H. The van der Waals surface area contributed by atoms with Crippen molar-refractivity contribution < 1.29 is 18.1 Å². The highest BCUT2D eigenvalue weighted by atomic mass is 32.1. The van der Waals surface area contributed by atoms with Crippen molar-refractivity contribution in [2.45, 2.75) is 11.1 Å². The minimum absolute atomic E-state index is 0.0912. The fourth-order valence-electron chi connectivity index (χ4n) is 0.864. The van der Waals surface area contributed by atoms with E-state index < -0.39 is 22.4 Å². The van der Waals surface area contributed by atoms with Crippen LogP contribution < -0.4 is 0 Å². The molecule has 0 atom stereocenters. The molecule has 0 amide bonds. The van der Waals surface area contributed by atoms with Gasteiger partial charge in [-0.2, -0.15) is 13.2 Å². The molecule has 0 fully saturated rings. The van der Waals surface area contributed by atoms with Crippen LogP contribution >= 0.6 is 12.6 Å². The van der Waals surface area contributed by atoms with Crippen molar-refractivity contribution in [2.75, 3.05) is 0 Å². The number of hydrogen-bond acceptors (Lipinski definition) is 3. The Kier molecular flexibility index (Phi) is 2.70. The minimum Gasteiger partial charge on any atom is -0.258 e. The summed E-state index contributed by atoms with van der Waals surface area (Å²) in [4.78, 5) is 9.25. The van der Waals surface area contributed by atoms with Gasteiger partial charge >= 0.3 is 6.18 Å². The van der Waals surface area contributed by atoms with Crippen molar-refractivity contribution in [3.8, 4) is 0 Å². The lowest BCUT2D eigenvalue weighted by atomic mass is 10.2. The Morgan fingerprint density at radius 3 is 2.29 bits per heavy atom. The molecule has 0 saturated carbocycles. The Morgan fingerprint density at radius 1 is 1.29 bits per heavy atom. The lowest BCUT2D eigenvalue weighted by Gasteiger charge is -2.06. The van der Waals surface area contributed by atoms with E-state index in [0.717, 1.165) is 12.1 Å². The molecule has 0 radical (unpaired) electrons. The van der Waals surface area contributed by atoms with Gasteiger partial charge in [0.2, 0.25) is 0 Å². The van der Waals surface area contributed by atoms with E-state index in [2.05, 4.69) is 12.6 Å². The number of benzene rings is 1. The van der Waals surface area contributed by atoms with Gasteiger partial charge in [0.05, 0.1) is 10.5 Å². The maximum atomic E-state index is 12.2. The maximum absolute atomic E-state index is 12.2. The van der Waals surface area contributed by atoms with Crippen LogP contribution in [0.2, 0.25) is 0 Å². The van der Waals surface area contributed by atoms with Gasteiger partial charge in [-0.1, -0.05) is 0 Å². The molecule has 0 N–H and O–H groups in total. The van der Waals surface area contributed by atoms with E-state index in [4.69, 9.17) is 0 Å². The van der Waals surface area contributed by atoms with E-state index in [1.807, 2.05) is 0 Å². The first-order chi connectivity index (χ1) is 6.30. The lowest BCUT2D eigenvalue weighted by molar-refractivity contribution is -0.385. The summed E-state index contributed by atoms with van der Waals surface area (Å²) in [5.74, 6) is 0. The quantitative estimate of drug-likeness (QED) is 0.452. The monoisotopic (exact) mass is 223 g/mol. The summed E-state index contributed by atoms with van der Waals surface area (Å²) in [6.45, 7) is 0. The SMILES string of the molecule is O=[N+]([O-])c1cc(S)cc(C(F)(F)F)c1. The number of nitrogens with zero attached hydrogens (tertiary/aromatic N) is 1. The average molecular weight is 223 g/mol. The first-order valence-electron chi connectivity index (χ1n) is 3.36. The van der Waals surface area contributed by atoms with E-state index in [1.54, 1.807) is 0 Å². The number of nitro benzene ring substituents is 1.